The number of amides is 1. The van der Waals surface area contributed by atoms with Gasteiger partial charge in [-0.3, -0.25) is 9.59 Å². The van der Waals surface area contributed by atoms with E-state index in [-0.39, 0.29) is 18.5 Å². The molecule has 0 radical (unpaired) electrons. The number of nitrogens with one attached hydrogen (secondary N) is 1. The molecule has 1 aromatic heterocycles. The Labute approximate surface area is 116 Å². The first-order chi connectivity index (χ1) is 9.66. The van der Waals surface area contributed by atoms with E-state index in [4.69, 9.17) is 0 Å². The Kier molecular flexibility index (Phi) is 5.03. The number of hydrogen-bond acceptors (Lipinski definition) is 5. The number of rotatable bonds is 4. The quantitative estimate of drug-likeness (QED) is 0.816. The summed E-state index contributed by atoms with van der Waals surface area (Å²) < 4.78 is 1.31. The lowest BCUT2D eigenvalue weighted by molar-refractivity contribution is -0.143. The van der Waals surface area contributed by atoms with Gasteiger partial charge in [0.1, 0.15) is 12.9 Å². The highest BCUT2D eigenvalue weighted by Crippen LogP contribution is 2.23. The molecule has 1 fully saturated rings. The summed E-state index contributed by atoms with van der Waals surface area (Å²) in [6.07, 6.45) is 6.67. The molecule has 2 unspecified atom stereocenters. The molecule has 2 N–H and O–H groups in total. The van der Waals surface area contributed by atoms with Crippen LogP contribution in [-0.2, 0) is 16.1 Å². The minimum absolute atomic E-state index is 0.00976. The van der Waals surface area contributed by atoms with Gasteiger partial charge in [0, 0.05) is 6.04 Å². The highest BCUT2D eigenvalue weighted by molar-refractivity contribution is 5.77. The molecule has 110 valence electrons. The van der Waals surface area contributed by atoms with E-state index in [1.54, 1.807) is 0 Å². The van der Waals surface area contributed by atoms with E-state index in [0.717, 1.165) is 25.7 Å². The molecule has 1 aliphatic rings. The minimum Gasteiger partial charge on any atom is -0.481 e. The molecular weight excluding hydrogens is 262 g/mol. The molecular formula is C12H19N5O3. The normalized spacial score (nSPS) is 23.6. The van der Waals surface area contributed by atoms with Crippen molar-refractivity contribution >= 4 is 11.9 Å². The van der Waals surface area contributed by atoms with Gasteiger partial charge in [0.2, 0.25) is 5.91 Å². The van der Waals surface area contributed by atoms with Crippen LogP contribution in [0, 0.1) is 5.92 Å². The first-order valence-corrected chi connectivity index (χ1v) is 6.90. The zero-order chi connectivity index (χ0) is 14.4. The number of aromatic nitrogens is 4. The van der Waals surface area contributed by atoms with E-state index >= 15 is 0 Å². The van der Waals surface area contributed by atoms with Gasteiger partial charge in [-0.15, -0.1) is 5.10 Å². The summed E-state index contributed by atoms with van der Waals surface area (Å²) in [6, 6.07) is -0.309. The van der Waals surface area contributed by atoms with Gasteiger partial charge in [0.15, 0.2) is 0 Å². The molecule has 8 nitrogen and oxygen atoms in total. The molecule has 0 bridgehead atoms. The molecule has 0 saturated heterocycles. The first kappa shape index (κ1) is 14.4. The SMILES string of the molecule is O=C(Cn1cnnn1)NC1CCCCCCC1C(=O)O. The van der Waals surface area contributed by atoms with Crippen molar-refractivity contribution in [3.05, 3.63) is 6.33 Å². The van der Waals surface area contributed by atoms with Crippen LogP contribution >= 0.6 is 0 Å². The minimum atomic E-state index is -0.834. The van der Waals surface area contributed by atoms with Crippen LogP contribution in [0.3, 0.4) is 0 Å². The van der Waals surface area contributed by atoms with Crippen LogP contribution in [0.2, 0.25) is 0 Å². The number of carbonyl (C=O) groups excluding carboxylic acids is 1. The molecule has 0 spiro atoms. The van der Waals surface area contributed by atoms with E-state index in [1.165, 1.54) is 11.0 Å². The van der Waals surface area contributed by atoms with Gasteiger partial charge in [-0.25, -0.2) is 4.68 Å². The third-order valence-corrected chi connectivity index (χ3v) is 3.63. The smallest absolute Gasteiger partial charge is 0.308 e. The standard InChI is InChI=1S/C12H19N5O3/c18-11(7-17-8-13-15-16-17)14-10-6-4-2-1-3-5-9(10)12(19)20/h8-10H,1-7H2,(H,14,18)(H,19,20). The van der Waals surface area contributed by atoms with Crippen molar-refractivity contribution in [1.82, 2.24) is 25.5 Å². The lowest BCUT2D eigenvalue weighted by Gasteiger charge is -2.27. The van der Waals surface area contributed by atoms with E-state index in [1.807, 2.05) is 0 Å². The topological polar surface area (TPSA) is 110 Å². The average molecular weight is 281 g/mol. The molecule has 8 heteroatoms. The fraction of sp³-hybridized carbons (Fsp3) is 0.750. The highest BCUT2D eigenvalue weighted by atomic mass is 16.4. The van der Waals surface area contributed by atoms with Crippen LogP contribution in [0.15, 0.2) is 6.33 Å². The average Bonchev–Trinajstić information content (AvgIpc) is 2.85. The zero-order valence-corrected chi connectivity index (χ0v) is 11.2. The summed E-state index contributed by atoms with van der Waals surface area (Å²) in [6.45, 7) is 0.00976. The maximum Gasteiger partial charge on any atom is 0.308 e. The van der Waals surface area contributed by atoms with Crippen molar-refractivity contribution in [2.45, 2.75) is 51.1 Å². The Bertz CT molecular complexity index is 448. The molecule has 1 aliphatic carbocycles. The maximum absolute atomic E-state index is 11.9. The molecule has 2 atom stereocenters. The molecule has 1 aromatic rings. The Balaban J connectivity index is 1.95. The Morgan fingerprint density at radius 1 is 1.25 bits per heavy atom. The molecule has 20 heavy (non-hydrogen) atoms. The summed E-state index contributed by atoms with van der Waals surface area (Å²) in [5.41, 5.74) is 0. The fourth-order valence-corrected chi connectivity index (χ4v) is 2.61. The van der Waals surface area contributed by atoms with Gasteiger partial charge in [-0.2, -0.15) is 0 Å². The van der Waals surface area contributed by atoms with Gasteiger partial charge in [-0.1, -0.05) is 25.7 Å². The van der Waals surface area contributed by atoms with Crippen molar-refractivity contribution in [3.8, 4) is 0 Å². The second-order valence-electron chi connectivity index (χ2n) is 5.12. The van der Waals surface area contributed by atoms with Gasteiger partial charge in [0.25, 0.3) is 0 Å². The van der Waals surface area contributed by atoms with Crippen molar-refractivity contribution < 1.29 is 14.7 Å². The van der Waals surface area contributed by atoms with Crippen LogP contribution in [-0.4, -0.2) is 43.2 Å². The zero-order valence-electron chi connectivity index (χ0n) is 11.2. The third kappa shape index (κ3) is 4.01. The molecule has 1 heterocycles. The van der Waals surface area contributed by atoms with Gasteiger partial charge in [0.05, 0.1) is 5.92 Å². The lowest BCUT2D eigenvalue weighted by Crippen LogP contribution is -2.45. The second-order valence-corrected chi connectivity index (χ2v) is 5.12. The predicted octanol–water partition coefficient (Wildman–Crippen LogP) is 0.213. The second kappa shape index (κ2) is 6.97. The number of tetrazole rings is 1. The monoisotopic (exact) mass is 281 g/mol. The number of nitrogens with zero attached hydrogens (tertiary/aromatic N) is 4. The van der Waals surface area contributed by atoms with Crippen molar-refractivity contribution in [1.29, 1.82) is 0 Å². The van der Waals surface area contributed by atoms with Crippen LogP contribution in [0.1, 0.15) is 38.5 Å². The van der Waals surface area contributed by atoms with Gasteiger partial charge < -0.3 is 10.4 Å². The maximum atomic E-state index is 11.9. The van der Waals surface area contributed by atoms with Crippen LogP contribution in [0.25, 0.3) is 0 Å². The molecule has 1 amide bonds. The number of carbonyl (C=O) groups is 2. The Morgan fingerprint density at radius 3 is 2.65 bits per heavy atom. The Hall–Kier alpha value is -1.99. The molecule has 2 rings (SSSR count). The summed E-state index contributed by atoms with van der Waals surface area (Å²) in [5.74, 6) is -1.60. The highest BCUT2D eigenvalue weighted by Gasteiger charge is 2.29. The number of aliphatic carboxylic acids is 1. The Morgan fingerprint density at radius 2 is 2.00 bits per heavy atom. The molecule has 0 aromatic carbocycles. The third-order valence-electron chi connectivity index (χ3n) is 3.63. The predicted molar refractivity (Wildman–Crippen MR) is 68.6 cm³/mol. The lowest BCUT2D eigenvalue weighted by atomic mass is 9.87. The summed E-state index contributed by atoms with van der Waals surface area (Å²) in [7, 11) is 0. The van der Waals surface area contributed by atoms with Crippen molar-refractivity contribution in [2.24, 2.45) is 5.92 Å². The molecule has 0 aliphatic heterocycles. The van der Waals surface area contributed by atoms with Crippen molar-refractivity contribution in [2.75, 3.05) is 0 Å². The summed E-state index contributed by atoms with van der Waals surface area (Å²) in [4.78, 5) is 23.3. The van der Waals surface area contributed by atoms with Crippen LogP contribution in [0.5, 0.6) is 0 Å². The largest absolute Gasteiger partial charge is 0.481 e. The van der Waals surface area contributed by atoms with Crippen LogP contribution in [0.4, 0.5) is 0 Å². The van der Waals surface area contributed by atoms with E-state index in [2.05, 4.69) is 20.8 Å². The summed E-state index contributed by atoms with van der Waals surface area (Å²) in [5, 5.41) is 22.6. The van der Waals surface area contributed by atoms with E-state index in [0.29, 0.717) is 12.8 Å². The van der Waals surface area contributed by atoms with E-state index in [9.17, 15) is 14.7 Å². The van der Waals surface area contributed by atoms with Crippen LogP contribution < -0.4 is 5.32 Å². The summed E-state index contributed by atoms with van der Waals surface area (Å²) >= 11 is 0. The number of carboxylic acids is 1. The van der Waals surface area contributed by atoms with E-state index < -0.39 is 11.9 Å². The van der Waals surface area contributed by atoms with Gasteiger partial charge >= 0.3 is 5.97 Å². The van der Waals surface area contributed by atoms with Crippen molar-refractivity contribution in [3.63, 3.8) is 0 Å². The fourth-order valence-electron chi connectivity index (χ4n) is 2.61. The molecule has 1 saturated carbocycles. The first-order valence-electron chi connectivity index (χ1n) is 6.90. The van der Waals surface area contributed by atoms with Gasteiger partial charge in [-0.05, 0) is 23.3 Å². The number of carboxylic acid groups (broad SMARTS) is 1. The number of hydrogen-bond donors (Lipinski definition) is 2.